The molecule has 7 heteroatoms. The van der Waals surface area contributed by atoms with Gasteiger partial charge in [-0.25, -0.2) is 9.59 Å². The zero-order valence-corrected chi connectivity index (χ0v) is 19.1. The van der Waals surface area contributed by atoms with Crippen molar-refractivity contribution in [3.05, 3.63) is 59.7 Å². The molecule has 5 rings (SSSR count). The lowest BCUT2D eigenvalue weighted by molar-refractivity contribution is -0.153. The number of alkyl carbamates (subject to hydrolysis) is 1. The molecular formula is C27H30N2O5. The molecule has 1 saturated heterocycles. The first-order valence-corrected chi connectivity index (χ1v) is 12.2. The molecule has 0 aromatic heterocycles. The van der Waals surface area contributed by atoms with E-state index in [2.05, 4.69) is 29.6 Å². The van der Waals surface area contributed by atoms with Gasteiger partial charge in [0.15, 0.2) is 0 Å². The Morgan fingerprint density at radius 1 is 0.971 bits per heavy atom. The Hall–Kier alpha value is -3.35. The van der Waals surface area contributed by atoms with Crippen LogP contribution in [0.3, 0.4) is 0 Å². The molecule has 34 heavy (non-hydrogen) atoms. The summed E-state index contributed by atoms with van der Waals surface area (Å²) in [5, 5.41) is 12.3. The fourth-order valence-corrected chi connectivity index (χ4v) is 5.34. The summed E-state index contributed by atoms with van der Waals surface area (Å²) in [6, 6.07) is 14.7. The number of aliphatic carboxylic acids is 1. The number of nitrogens with zero attached hydrogens (tertiary/aromatic N) is 1. The third kappa shape index (κ3) is 4.52. The maximum Gasteiger partial charge on any atom is 0.407 e. The molecule has 2 fully saturated rings. The molecule has 2 atom stereocenters. The zero-order chi connectivity index (χ0) is 23.7. The third-order valence-corrected chi connectivity index (χ3v) is 7.27. The second-order valence-electron chi connectivity index (χ2n) is 9.58. The second-order valence-corrected chi connectivity index (χ2v) is 9.58. The number of nitrogens with one attached hydrogen (secondary N) is 1. The van der Waals surface area contributed by atoms with Crippen LogP contribution in [0.15, 0.2) is 48.5 Å². The molecule has 178 valence electrons. The van der Waals surface area contributed by atoms with Gasteiger partial charge in [0, 0.05) is 12.5 Å². The van der Waals surface area contributed by atoms with E-state index in [0.29, 0.717) is 25.3 Å². The lowest BCUT2D eigenvalue weighted by Gasteiger charge is -2.35. The molecule has 3 aliphatic rings. The smallest absolute Gasteiger partial charge is 0.407 e. The quantitative estimate of drug-likeness (QED) is 0.644. The van der Waals surface area contributed by atoms with Gasteiger partial charge in [0.2, 0.25) is 5.91 Å². The maximum atomic E-state index is 13.3. The predicted octanol–water partition coefficient (Wildman–Crippen LogP) is 4.16. The highest BCUT2D eigenvalue weighted by Crippen LogP contribution is 2.44. The Morgan fingerprint density at radius 2 is 1.62 bits per heavy atom. The highest BCUT2D eigenvalue weighted by Gasteiger charge is 2.39. The van der Waals surface area contributed by atoms with E-state index in [4.69, 9.17) is 4.74 Å². The van der Waals surface area contributed by atoms with Gasteiger partial charge in [0.25, 0.3) is 0 Å². The molecule has 0 radical (unpaired) electrons. The van der Waals surface area contributed by atoms with E-state index in [-0.39, 0.29) is 18.4 Å². The standard InChI is InChI=1S/C27H30N2O5/c30-25(29-14-6-5-11-24(29)26(31)32)23(15-17-12-13-17)28-27(33)34-16-22-20-9-3-1-7-18(20)19-8-2-4-10-21(19)22/h1-4,7-10,17,22-24H,5-6,11-16H2,(H,28,33)(H,31,32)/t23?,24-/m0/s1. The van der Waals surface area contributed by atoms with Crippen LogP contribution < -0.4 is 5.32 Å². The summed E-state index contributed by atoms with van der Waals surface area (Å²) in [5.41, 5.74) is 4.55. The van der Waals surface area contributed by atoms with Crippen molar-refractivity contribution in [2.75, 3.05) is 13.2 Å². The van der Waals surface area contributed by atoms with Gasteiger partial charge in [-0.1, -0.05) is 61.4 Å². The molecule has 2 amide bonds. The van der Waals surface area contributed by atoms with E-state index in [9.17, 15) is 19.5 Å². The van der Waals surface area contributed by atoms with Crippen LogP contribution in [0.2, 0.25) is 0 Å². The number of fused-ring (bicyclic) bond motifs is 3. The minimum atomic E-state index is -0.987. The molecule has 1 unspecified atom stereocenters. The van der Waals surface area contributed by atoms with Gasteiger partial charge in [0.05, 0.1) is 0 Å². The molecule has 0 spiro atoms. The molecular weight excluding hydrogens is 432 g/mol. The van der Waals surface area contributed by atoms with E-state index in [1.54, 1.807) is 0 Å². The van der Waals surface area contributed by atoms with E-state index in [1.807, 2.05) is 24.3 Å². The number of amides is 2. The number of carbonyl (C=O) groups excluding carboxylic acids is 2. The van der Waals surface area contributed by atoms with Crippen LogP contribution in [0.5, 0.6) is 0 Å². The first kappa shape index (κ1) is 22.4. The molecule has 2 aromatic carbocycles. The number of likely N-dealkylation sites (tertiary alicyclic amines) is 1. The van der Waals surface area contributed by atoms with Crippen molar-refractivity contribution in [2.24, 2.45) is 5.92 Å². The van der Waals surface area contributed by atoms with E-state index >= 15 is 0 Å². The summed E-state index contributed by atoms with van der Waals surface area (Å²) < 4.78 is 5.65. The Kier molecular flexibility index (Phi) is 6.26. The van der Waals surface area contributed by atoms with Crippen molar-refractivity contribution in [2.45, 2.75) is 56.5 Å². The van der Waals surface area contributed by atoms with Crippen LogP contribution in [0.1, 0.15) is 55.6 Å². The van der Waals surface area contributed by atoms with Gasteiger partial charge in [-0.2, -0.15) is 0 Å². The number of carboxylic acids is 1. The zero-order valence-electron chi connectivity index (χ0n) is 19.1. The minimum Gasteiger partial charge on any atom is -0.480 e. The number of carboxylic acid groups (broad SMARTS) is 1. The fourth-order valence-electron chi connectivity index (χ4n) is 5.34. The average molecular weight is 463 g/mol. The lowest BCUT2D eigenvalue weighted by Crippen LogP contribution is -2.55. The number of ether oxygens (including phenoxy) is 1. The van der Waals surface area contributed by atoms with E-state index in [0.717, 1.165) is 47.9 Å². The Labute approximate surface area is 199 Å². The predicted molar refractivity (Wildman–Crippen MR) is 126 cm³/mol. The van der Waals surface area contributed by atoms with Crippen molar-refractivity contribution in [3.63, 3.8) is 0 Å². The maximum absolute atomic E-state index is 13.3. The van der Waals surface area contributed by atoms with Gasteiger partial charge < -0.3 is 20.1 Å². The summed E-state index contributed by atoms with van der Waals surface area (Å²) in [6.07, 6.45) is 3.94. The minimum absolute atomic E-state index is 0.0609. The lowest BCUT2D eigenvalue weighted by atomic mass is 9.98. The van der Waals surface area contributed by atoms with Gasteiger partial charge in [-0.3, -0.25) is 4.79 Å². The van der Waals surface area contributed by atoms with Crippen LogP contribution >= 0.6 is 0 Å². The summed E-state index contributed by atoms with van der Waals surface area (Å²) in [4.78, 5) is 39.2. The van der Waals surface area contributed by atoms with Gasteiger partial charge in [-0.05, 0) is 53.9 Å². The van der Waals surface area contributed by atoms with Gasteiger partial charge in [0.1, 0.15) is 18.7 Å². The normalized spacial score (nSPS) is 20.2. The number of rotatable bonds is 7. The van der Waals surface area contributed by atoms with Crippen molar-refractivity contribution < 1.29 is 24.2 Å². The van der Waals surface area contributed by atoms with Crippen LogP contribution in [0.25, 0.3) is 11.1 Å². The number of carbonyl (C=O) groups is 3. The number of benzene rings is 2. The van der Waals surface area contributed by atoms with Crippen molar-refractivity contribution in [3.8, 4) is 11.1 Å². The Morgan fingerprint density at radius 3 is 2.24 bits per heavy atom. The van der Waals surface area contributed by atoms with Crippen LogP contribution in [0, 0.1) is 5.92 Å². The number of hydrogen-bond donors (Lipinski definition) is 2. The molecule has 2 aromatic rings. The summed E-state index contributed by atoms with van der Waals surface area (Å²) >= 11 is 0. The third-order valence-electron chi connectivity index (χ3n) is 7.27. The van der Waals surface area contributed by atoms with Crippen LogP contribution in [-0.2, 0) is 14.3 Å². The summed E-state index contributed by atoms with van der Waals surface area (Å²) in [7, 11) is 0. The number of hydrogen-bond acceptors (Lipinski definition) is 4. The number of piperidine rings is 1. The molecule has 0 bridgehead atoms. The topological polar surface area (TPSA) is 95.9 Å². The summed E-state index contributed by atoms with van der Waals surface area (Å²) in [5.74, 6) is -0.975. The molecule has 2 N–H and O–H groups in total. The monoisotopic (exact) mass is 462 g/mol. The summed E-state index contributed by atoms with van der Waals surface area (Å²) in [6.45, 7) is 0.578. The molecule has 2 aliphatic carbocycles. The van der Waals surface area contributed by atoms with Crippen molar-refractivity contribution in [1.29, 1.82) is 0 Å². The molecule has 1 aliphatic heterocycles. The van der Waals surface area contributed by atoms with E-state index < -0.39 is 24.1 Å². The van der Waals surface area contributed by atoms with Gasteiger partial charge in [-0.15, -0.1) is 0 Å². The molecule has 7 nitrogen and oxygen atoms in total. The van der Waals surface area contributed by atoms with Crippen LogP contribution in [-0.4, -0.2) is 53.2 Å². The first-order valence-electron chi connectivity index (χ1n) is 12.2. The van der Waals surface area contributed by atoms with Crippen molar-refractivity contribution in [1.82, 2.24) is 10.2 Å². The average Bonchev–Trinajstić information content (AvgIpc) is 3.62. The van der Waals surface area contributed by atoms with Crippen LogP contribution in [0.4, 0.5) is 4.79 Å². The first-order chi connectivity index (χ1) is 16.5. The highest BCUT2D eigenvalue weighted by molar-refractivity contribution is 5.89. The highest BCUT2D eigenvalue weighted by atomic mass is 16.5. The van der Waals surface area contributed by atoms with Crippen molar-refractivity contribution >= 4 is 18.0 Å². The molecule has 1 saturated carbocycles. The van der Waals surface area contributed by atoms with E-state index in [1.165, 1.54) is 4.90 Å². The SMILES string of the molecule is O=C(NC(CC1CC1)C(=O)N1CCCC[C@H]1C(=O)O)OCC1c2ccccc2-c2ccccc21. The molecule has 1 heterocycles. The largest absolute Gasteiger partial charge is 0.480 e. The fraction of sp³-hybridized carbons (Fsp3) is 0.444. The van der Waals surface area contributed by atoms with Gasteiger partial charge >= 0.3 is 12.1 Å². The Balaban J connectivity index is 1.27. The second kappa shape index (κ2) is 9.49. The Bertz CT molecular complexity index is 1050.